The number of rotatable bonds is 6. The lowest BCUT2D eigenvalue weighted by molar-refractivity contribution is -0.152. The van der Waals surface area contributed by atoms with Gasteiger partial charge >= 0.3 is 5.97 Å². The number of esters is 1. The van der Waals surface area contributed by atoms with Gasteiger partial charge in [-0.15, -0.1) is 0 Å². The summed E-state index contributed by atoms with van der Waals surface area (Å²) < 4.78 is 27.7. The van der Waals surface area contributed by atoms with Crippen LogP contribution in [0, 0.1) is 0 Å². The van der Waals surface area contributed by atoms with Gasteiger partial charge < -0.3 is 9.64 Å². The third-order valence-corrected chi connectivity index (χ3v) is 4.87. The van der Waals surface area contributed by atoms with Gasteiger partial charge in [0.25, 0.3) is 5.91 Å². The summed E-state index contributed by atoms with van der Waals surface area (Å²) in [5.74, 6) is -0.591. The molecule has 1 unspecified atom stereocenters. The molecule has 0 aliphatic carbocycles. The van der Waals surface area contributed by atoms with Gasteiger partial charge in [0.2, 0.25) is 0 Å². The molecule has 1 saturated heterocycles. The van der Waals surface area contributed by atoms with Crippen molar-refractivity contribution in [1.82, 2.24) is 4.90 Å². The Labute approximate surface area is 114 Å². The Kier molecular flexibility index (Phi) is 5.78. The highest BCUT2D eigenvalue weighted by molar-refractivity contribution is 7.91. The van der Waals surface area contributed by atoms with Crippen molar-refractivity contribution in [3.05, 3.63) is 0 Å². The maximum atomic E-state index is 11.9. The molecule has 0 saturated carbocycles. The molecule has 6 nitrogen and oxygen atoms in total. The van der Waals surface area contributed by atoms with Crippen LogP contribution in [0.15, 0.2) is 0 Å². The standard InChI is InChI=1S/C12H21NO5S/c1-3-5-12(15)18-8-11(14)13(4-2)10-6-7-19(16,17)9-10/h10H,3-9H2,1-2H3. The lowest BCUT2D eigenvalue weighted by Crippen LogP contribution is -2.43. The molecule has 0 N–H and O–H groups in total. The molecule has 1 rings (SSSR count). The maximum absolute atomic E-state index is 11.9. The molecule has 7 heteroatoms. The first kappa shape index (κ1) is 15.9. The minimum absolute atomic E-state index is 0.00941. The van der Waals surface area contributed by atoms with Crippen LogP contribution in [0.2, 0.25) is 0 Å². The van der Waals surface area contributed by atoms with E-state index in [1.54, 1.807) is 6.92 Å². The molecule has 1 amide bonds. The largest absolute Gasteiger partial charge is 0.456 e. The summed E-state index contributed by atoms with van der Waals surface area (Å²) in [6.07, 6.45) is 1.42. The predicted molar refractivity (Wildman–Crippen MR) is 70.3 cm³/mol. The van der Waals surface area contributed by atoms with Crippen LogP contribution in [0.25, 0.3) is 0 Å². The molecule has 1 aliphatic rings. The first-order valence-corrected chi connectivity index (χ1v) is 8.37. The number of hydrogen-bond acceptors (Lipinski definition) is 5. The average Bonchev–Trinajstić information content (AvgIpc) is 2.68. The number of carbonyl (C=O) groups excluding carboxylic acids is 2. The van der Waals surface area contributed by atoms with Crippen LogP contribution in [-0.2, 0) is 24.2 Å². The van der Waals surface area contributed by atoms with Crippen LogP contribution in [0.4, 0.5) is 0 Å². The topological polar surface area (TPSA) is 80.8 Å². The average molecular weight is 291 g/mol. The molecule has 0 aromatic rings. The molecule has 1 fully saturated rings. The first-order chi connectivity index (χ1) is 8.89. The van der Waals surface area contributed by atoms with Crippen LogP contribution < -0.4 is 0 Å². The summed E-state index contributed by atoms with van der Waals surface area (Å²) >= 11 is 0. The molecule has 0 aromatic heterocycles. The van der Waals surface area contributed by atoms with E-state index in [0.29, 0.717) is 19.4 Å². The Balaban J connectivity index is 2.51. The Morgan fingerprint density at radius 1 is 1.32 bits per heavy atom. The fourth-order valence-electron chi connectivity index (χ4n) is 2.16. The summed E-state index contributed by atoms with van der Waals surface area (Å²) in [4.78, 5) is 24.6. The number of likely N-dealkylation sites (N-methyl/N-ethyl adjacent to an activating group) is 1. The highest BCUT2D eigenvalue weighted by Gasteiger charge is 2.34. The monoisotopic (exact) mass is 291 g/mol. The van der Waals surface area contributed by atoms with Gasteiger partial charge in [-0.3, -0.25) is 9.59 Å². The van der Waals surface area contributed by atoms with Gasteiger partial charge in [0.05, 0.1) is 11.5 Å². The van der Waals surface area contributed by atoms with Gasteiger partial charge in [0, 0.05) is 19.0 Å². The van der Waals surface area contributed by atoms with Crippen molar-refractivity contribution in [2.75, 3.05) is 24.7 Å². The first-order valence-electron chi connectivity index (χ1n) is 6.55. The van der Waals surface area contributed by atoms with E-state index in [9.17, 15) is 18.0 Å². The lowest BCUT2D eigenvalue weighted by Gasteiger charge is -2.26. The smallest absolute Gasteiger partial charge is 0.306 e. The second-order valence-electron chi connectivity index (χ2n) is 4.65. The van der Waals surface area contributed by atoms with Gasteiger partial charge in [-0.2, -0.15) is 0 Å². The minimum atomic E-state index is -3.03. The molecule has 0 spiro atoms. The van der Waals surface area contributed by atoms with Gasteiger partial charge in [0.15, 0.2) is 16.4 Å². The van der Waals surface area contributed by atoms with Crippen molar-refractivity contribution in [2.45, 2.75) is 39.2 Å². The van der Waals surface area contributed by atoms with Crippen LogP contribution in [0.5, 0.6) is 0 Å². The summed E-state index contributed by atoms with van der Waals surface area (Å²) in [5, 5.41) is 0. The highest BCUT2D eigenvalue weighted by Crippen LogP contribution is 2.17. The fraction of sp³-hybridized carbons (Fsp3) is 0.833. The molecule has 0 aromatic carbocycles. The van der Waals surface area contributed by atoms with Crippen LogP contribution in [0.3, 0.4) is 0 Å². The Morgan fingerprint density at radius 2 is 2.00 bits per heavy atom. The number of amides is 1. The van der Waals surface area contributed by atoms with Crippen molar-refractivity contribution in [1.29, 1.82) is 0 Å². The number of nitrogens with zero attached hydrogens (tertiary/aromatic N) is 1. The van der Waals surface area contributed by atoms with Gasteiger partial charge in [-0.25, -0.2) is 8.42 Å². The quantitative estimate of drug-likeness (QED) is 0.660. The van der Waals surface area contributed by atoms with Crippen LogP contribution in [0.1, 0.15) is 33.1 Å². The Bertz CT molecular complexity index is 431. The van der Waals surface area contributed by atoms with Crippen molar-refractivity contribution < 1.29 is 22.7 Å². The summed E-state index contributed by atoms with van der Waals surface area (Å²) in [7, 11) is -3.03. The van der Waals surface area contributed by atoms with Gasteiger partial charge in [0.1, 0.15) is 0 Å². The van der Waals surface area contributed by atoms with E-state index in [-0.39, 0.29) is 36.5 Å². The number of hydrogen-bond donors (Lipinski definition) is 0. The molecule has 110 valence electrons. The number of sulfone groups is 1. The highest BCUT2D eigenvalue weighted by atomic mass is 32.2. The molecular weight excluding hydrogens is 270 g/mol. The lowest BCUT2D eigenvalue weighted by atomic mass is 10.2. The van der Waals surface area contributed by atoms with Gasteiger partial charge in [-0.1, -0.05) is 6.92 Å². The second-order valence-corrected chi connectivity index (χ2v) is 6.88. The molecule has 19 heavy (non-hydrogen) atoms. The zero-order valence-electron chi connectivity index (χ0n) is 11.4. The van der Waals surface area contributed by atoms with Crippen LogP contribution >= 0.6 is 0 Å². The van der Waals surface area contributed by atoms with Crippen LogP contribution in [-0.4, -0.2) is 55.9 Å². The molecular formula is C12H21NO5S. The molecule has 0 radical (unpaired) electrons. The predicted octanol–water partition coefficient (Wildman–Crippen LogP) is 0.365. The Hall–Kier alpha value is -1.11. The van der Waals surface area contributed by atoms with E-state index in [4.69, 9.17) is 4.74 Å². The summed E-state index contributed by atoms with van der Waals surface area (Å²) in [5.41, 5.74) is 0. The van der Waals surface area contributed by atoms with E-state index in [1.165, 1.54) is 4.90 Å². The van der Waals surface area contributed by atoms with E-state index in [0.717, 1.165) is 0 Å². The van der Waals surface area contributed by atoms with E-state index >= 15 is 0 Å². The summed E-state index contributed by atoms with van der Waals surface area (Å²) in [6.45, 7) is 3.76. The zero-order chi connectivity index (χ0) is 14.5. The fourth-order valence-corrected chi connectivity index (χ4v) is 3.89. The van der Waals surface area contributed by atoms with Crippen molar-refractivity contribution in [3.8, 4) is 0 Å². The maximum Gasteiger partial charge on any atom is 0.306 e. The third-order valence-electron chi connectivity index (χ3n) is 3.12. The normalized spacial score (nSPS) is 21.1. The minimum Gasteiger partial charge on any atom is -0.456 e. The number of ether oxygens (including phenoxy) is 1. The zero-order valence-corrected chi connectivity index (χ0v) is 12.2. The molecule has 0 bridgehead atoms. The molecule has 1 atom stereocenters. The third kappa shape index (κ3) is 4.81. The number of carbonyl (C=O) groups is 2. The SMILES string of the molecule is CCCC(=O)OCC(=O)N(CC)C1CCS(=O)(=O)C1. The van der Waals surface area contributed by atoms with Crippen molar-refractivity contribution in [3.63, 3.8) is 0 Å². The Morgan fingerprint density at radius 3 is 2.47 bits per heavy atom. The second kappa shape index (κ2) is 6.88. The van der Waals surface area contributed by atoms with E-state index in [2.05, 4.69) is 0 Å². The summed E-state index contributed by atoms with van der Waals surface area (Å²) in [6, 6.07) is -0.285. The van der Waals surface area contributed by atoms with Gasteiger partial charge in [-0.05, 0) is 19.8 Å². The van der Waals surface area contributed by atoms with E-state index < -0.39 is 15.8 Å². The van der Waals surface area contributed by atoms with Crippen molar-refractivity contribution in [2.24, 2.45) is 0 Å². The molecule has 1 aliphatic heterocycles. The van der Waals surface area contributed by atoms with E-state index in [1.807, 2.05) is 6.92 Å². The van der Waals surface area contributed by atoms with Crippen molar-refractivity contribution >= 4 is 21.7 Å². The molecule has 1 heterocycles.